The summed E-state index contributed by atoms with van der Waals surface area (Å²) in [7, 11) is 0. The Labute approximate surface area is 177 Å². The molecule has 0 N–H and O–H groups in total. The lowest BCUT2D eigenvalue weighted by Crippen LogP contribution is -2.57. The lowest BCUT2D eigenvalue weighted by Gasteiger charge is -2.49. The largest absolute Gasteiger partial charge is 0.459 e. The molecule has 2 atom stereocenters. The van der Waals surface area contributed by atoms with Gasteiger partial charge in [0.05, 0.1) is 6.26 Å². The first-order valence-electron chi connectivity index (χ1n) is 11.0. The van der Waals surface area contributed by atoms with Crippen LogP contribution in [0.4, 0.5) is 0 Å². The monoisotopic (exact) mass is 410 g/mol. The van der Waals surface area contributed by atoms with Gasteiger partial charge in [-0.05, 0) is 30.9 Å². The molecular formula is C23H30N4O3. The van der Waals surface area contributed by atoms with Gasteiger partial charge in [-0.25, -0.2) is 0 Å². The summed E-state index contributed by atoms with van der Waals surface area (Å²) in [5.74, 6) is 0.724. The second-order valence-corrected chi connectivity index (χ2v) is 8.94. The highest BCUT2D eigenvalue weighted by Crippen LogP contribution is 2.41. The molecule has 4 rings (SSSR count). The molecule has 1 aromatic rings. The number of hydrogen-bond acceptors (Lipinski definition) is 5. The van der Waals surface area contributed by atoms with Gasteiger partial charge in [-0.15, -0.1) is 0 Å². The van der Waals surface area contributed by atoms with Crippen molar-refractivity contribution in [2.24, 2.45) is 11.8 Å². The summed E-state index contributed by atoms with van der Waals surface area (Å²) in [6, 6.07) is 5.83. The number of carbonyl (C=O) groups excluding carboxylic acids is 2. The molecule has 2 aliphatic heterocycles. The van der Waals surface area contributed by atoms with Gasteiger partial charge in [0.2, 0.25) is 0 Å². The molecule has 7 heteroatoms. The predicted octanol–water partition coefficient (Wildman–Crippen LogP) is 2.87. The average Bonchev–Trinajstić information content (AvgIpc) is 3.29. The highest BCUT2D eigenvalue weighted by Gasteiger charge is 2.45. The van der Waals surface area contributed by atoms with E-state index >= 15 is 0 Å². The normalized spacial score (nSPS) is 24.9. The highest BCUT2D eigenvalue weighted by atomic mass is 16.3. The molecule has 1 saturated carbocycles. The Balaban J connectivity index is 1.57. The smallest absolute Gasteiger partial charge is 0.289 e. The van der Waals surface area contributed by atoms with Crippen molar-refractivity contribution < 1.29 is 14.0 Å². The number of amides is 2. The number of hydrogen-bond donors (Lipinski definition) is 0. The minimum Gasteiger partial charge on any atom is -0.459 e. The second kappa shape index (κ2) is 8.55. The van der Waals surface area contributed by atoms with Gasteiger partial charge < -0.3 is 19.1 Å². The van der Waals surface area contributed by atoms with E-state index in [4.69, 9.17) is 4.42 Å². The lowest BCUT2D eigenvalue weighted by molar-refractivity contribution is -0.133. The molecule has 160 valence electrons. The third-order valence-electron chi connectivity index (χ3n) is 6.53. The third-order valence-corrected chi connectivity index (χ3v) is 6.53. The van der Waals surface area contributed by atoms with E-state index in [2.05, 4.69) is 24.8 Å². The Hall–Kier alpha value is -2.75. The van der Waals surface area contributed by atoms with Crippen LogP contribution in [0.1, 0.15) is 50.1 Å². The maximum atomic E-state index is 13.3. The van der Waals surface area contributed by atoms with Crippen LogP contribution in [-0.4, -0.2) is 65.3 Å². The minimum absolute atomic E-state index is 0.104. The SMILES string of the molecule is CC(C)CN1C(=O)C(C#N)=C(N2CCN(C(=O)c3ccco3)CC2)C2CCCCC21. The molecule has 30 heavy (non-hydrogen) atoms. The topological polar surface area (TPSA) is 80.8 Å². The Kier molecular flexibility index (Phi) is 5.85. The number of furan rings is 1. The first-order valence-corrected chi connectivity index (χ1v) is 11.0. The maximum absolute atomic E-state index is 13.3. The van der Waals surface area contributed by atoms with Crippen LogP contribution in [-0.2, 0) is 4.79 Å². The number of rotatable bonds is 4. The fourth-order valence-electron chi connectivity index (χ4n) is 5.21. The minimum atomic E-state index is -0.113. The third kappa shape index (κ3) is 3.71. The van der Waals surface area contributed by atoms with Crippen LogP contribution in [0, 0.1) is 23.2 Å². The molecule has 3 aliphatic rings. The summed E-state index contributed by atoms with van der Waals surface area (Å²) < 4.78 is 5.25. The van der Waals surface area contributed by atoms with Gasteiger partial charge in [0.1, 0.15) is 11.6 Å². The van der Waals surface area contributed by atoms with Crippen molar-refractivity contribution in [3.63, 3.8) is 0 Å². The van der Waals surface area contributed by atoms with E-state index in [1.165, 1.54) is 6.26 Å². The van der Waals surface area contributed by atoms with Gasteiger partial charge >= 0.3 is 0 Å². The van der Waals surface area contributed by atoms with Crippen LogP contribution in [0.5, 0.6) is 0 Å². The Bertz CT molecular complexity index is 860. The van der Waals surface area contributed by atoms with Crippen molar-refractivity contribution in [2.45, 2.75) is 45.6 Å². The Morgan fingerprint density at radius 2 is 1.97 bits per heavy atom. The van der Waals surface area contributed by atoms with E-state index < -0.39 is 0 Å². The molecule has 3 heterocycles. The van der Waals surface area contributed by atoms with Gasteiger partial charge in [0.25, 0.3) is 11.8 Å². The predicted molar refractivity (Wildman–Crippen MR) is 111 cm³/mol. The zero-order valence-corrected chi connectivity index (χ0v) is 17.8. The van der Waals surface area contributed by atoms with Gasteiger partial charge in [-0.2, -0.15) is 5.26 Å². The quantitative estimate of drug-likeness (QED) is 0.762. The van der Waals surface area contributed by atoms with Crippen LogP contribution in [0.25, 0.3) is 0 Å². The molecule has 0 bridgehead atoms. The molecule has 2 fully saturated rings. The van der Waals surface area contributed by atoms with Gasteiger partial charge in [-0.1, -0.05) is 26.7 Å². The number of nitrogens with zero attached hydrogens (tertiary/aromatic N) is 4. The van der Waals surface area contributed by atoms with E-state index in [1.807, 2.05) is 4.90 Å². The molecular weight excluding hydrogens is 380 g/mol. The summed E-state index contributed by atoms with van der Waals surface area (Å²) >= 11 is 0. The lowest BCUT2D eigenvalue weighted by atomic mass is 9.76. The molecule has 0 radical (unpaired) electrons. The zero-order valence-electron chi connectivity index (χ0n) is 17.8. The van der Waals surface area contributed by atoms with Crippen molar-refractivity contribution in [1.82, 2.24) is 14.7 Å². The van der Waals surface area contributed by atoms with Crippen molar-refractivity contribution in [3.8, 4) is 6.07 Å². The number of piperazine rings is 1. The van der Waals surface area contributed by atoms with Crippen molar-refractivity contribution in [2.75, 3.05) is 32.7 Å². The molecule has 2 amide bonds. The van der Waals surface area contributed by atoms with Crippen LogP contribution in [0.15, 0.2) is 34.1 Å². The van der Waals surface area contributed by atoms with E-state index in [-0.39, 0.29) is 23.8 Å². The van der Waals surface area contributed by atoms with E-state index in [1.54, 1.807) is 17.0 Å². The van der Waals surface area contributed by atoms with Crippen LogP contribution >= 0.6 is 0 Å². The standard InChI is InChI=1S/C23H30N4O3/c1-16(2)15-27-19-7-4-3-6-17(19)21(18(14-24)22(27)28)25-9-11-26(12-10-25)23(29)20-8-5-13-30-20/h5,8,13,16-17,19H,3-4,6-7,9-12,15H2,1-2H3. The van der Waals surface area contributed by atoms with E-state index in [0.29, 0.717) is 50.0 Å². The summed E-state index contributed by atoms with van der Waals surface area (Å²) in [5.41, 5.74) is 1.24. The Morgan fingerprint density at radius 1 is 1.23 bits per heavy atom. The van der Waals surface area contributed by atoms with Crippen LogP contribution in [0.3, 0.4) is 0 Å². The van der Waals surface area contributed by atoms with Gasteiger partial charge in [0, 0.05) is 50.4 Å². The number of nitriles is 1. The fraction of sp³-hybridized carbons (Fsp3) is 0.609. The zero-order chi connectivity index (χ0) is 21.3. The Morgan fingerprint density at radius 3 is 2.60 bits per heavy atom. The first kappa shape index (κ1) is 20.5. The van der Waals surface area contributed by atoms with E-state index in [0.717, 1.165) is 31.4 Å². The molecule has 0 spiro atoms. The summed E-state index contributed by atoms with van der Waals surface area (Å²) in [4.78, 5) is 31.8. The van der Waals surface area contributed by atoms with E-state index in [9.17, 15) is 14.9 Å². The van der Waals surface area contributed by atoms with Crippen molar-refractivity contribution >= 4 is 11.8 Å². The summed E-state index contributed by atoms with van der Waals surface area (Å²) in [6.07, 6.45) is 5.78. The molecule has 0 aromatic carbocycles. The average molecular weight is 411 g/mol. The van der Waals surface area contributed by atoms with Crippen LogP contribution < -0.4 is 0 Å². The van der Waals surface area contributed by atoms with Gasteiger partial charge in [0.15, 0.2) is 5.76 Å². The van der Waals surface area contributed by atoms with Gasteiger partial charge in [-0.3, -0.25) is 9.59 Å². The van der Waals surface area contributed by atoms with Crippen molar-refractivity contribution in [3.05, 3.63) is 35.4 Å². The fourth-order valence-corrected chi connectivity index (χ4v) is 5.21. The molecule has 1 aliphatic carbocycles. The molecule has 1 saturated heterocycles. The molecule has 2 unspecified atom stereocenters. The maximum Gasteiger partial charge on any atom is 0.289 e. The molecule has 1 aromatic heterocycles. The number of fused-ring (bicyclic) bond motifs is 1. The first-order chi connectivity index (χ1) is 14.5. The second-order valence-electron chi connectivity index (χ2n) is 8.94. The van der Waals surface area contributed by atoms with Crippen molar-refractivity contribution in [1.29, 1.82) is 5.26 Å². The highest BCUT2D eigenvalue weighted by molar-refractivity contribution is 5.99. The number of carbonyl (C=O) groups is 2. The van der Waals surface area contributed by atoms with Crippen LogP contribution in [0.2, 0.25) is 0 Å². The summed E-state index contributed by atoms with van der Waals surface area (Å²) in [5, 5.41) is 9.91. The summed E-state index contributed by atoms with van der Waals surface area (Å²) in [6.45, 7) is 7.31. The molecule has 7 nitrogen and oxygen atoms in total.